The van der Waals surface area contributed by atoms with Crippen molar-refractivity contribution in [1.82, 2.24) is 0 Å². The zero-order valence-electron chi connectivity index (χ0n) is 13.8. The maximum atomic E-state index is 12.8. The Bertz CT molecular complexity index is 767. The van der Waals surface area contributed by atoms with Crippen LogP contribution in [-0.4, -0.2) is 31.3 Å². The van der Waals surface area contributed by atoms with Crippen LogP contribution in [0.25, 0.3) is 0 Å². The van der Waals surface area contributed by atoms with Crippen LogP contribution in [0.15, 0.2) is 42.5 Å². The predicted octanol–water partition coefficient (Wildman–Crippen LogP) is 3.69. The molecule has 1 N–H and O–H groups in total. The molecule has 0 unspecified atom stereocenters. The lowest BCUT2D eigenvalue weighted by atomic mass is 9.83. The van der Waals surface area contributed by atoms with Gasteiger partial charge in [-0.3, -0.25) is 9.59 Å². The summed E-state index contributed by atoms with van der Waals surface area (Å²) in [7, 11) is 0. The van der Waals surface area contributed by atoms with Gasteiger partial charge in [-0.05, 0) is 18.9 Å². The van der Waals surface area contributed by atoms with Crippen molar-refractivity contribution in [2.75, 3.05) is 25.1 Å². The smallest absolute Gasteiger partial charge is 0.196 e. The van der Waals surface area contributed by atoms with E-state index < -0.39 is 0 Å². The van der Waals surface area contributed by atoms with Crippen molar-refractivity contribution < 1.29 is 14.3 Å². The topological polar surface area (TPSA) is 55.4 Å². The van der Waals surface area contributed by atoms with E-state index >= 15 is 0 Å². The van der Waals surface area contributed by atoms with Gasteiger partial charge in [0.05, 0.1) is 5.56 Å². The quantitative estimate of drug-likeness (QED) is 0.674. The van der Waals surface area contributed by atoms with Gasteiger partial charge in [-0.2, -0.15) is 0 Å². The molecule has 0 saturated heterocycles. The summed E-state index contributed by atoms with van der Waals surface area (Å²) in [5.41, 5.74) is 2.65. The van der Waals surface area contributed by atoms with E-state index in [0.717, 1.165) is 25.1 Å². The maximum Gasteiger partial charge on any atom is 0.196 e. The van der Waals surface area contributed by atoms with Crippen molar-refractivity contribution in [3.63, 3.8) is 0 Å². The van der Waals surface area contributed by atoms with E-state index in [-0.39, 0.29) is 11.6 Å². The number of nitrogens with one attached hydrogen (secondary N) is 1. The molecule has 0 radical (unpaired) electrons. The molecule has 0 spiro atoms. The van der Waals surface area contributed by atoms with Gasteiger partial charge in [0.1, 0.15) is 0 Å². The summed E-state index contributed by atoms with van der Waals surface area (Å²) < 4.78 is 5.46. The van der Waals surface area contributed by atoms with Gasteiger partial charge in [0.25, 0.3) is 0 Å². The van der Waals surface area contributed by atoms with Crippen molar-refractivity contribution in [2.24, 2.45) is 0 Å². The number of carbonyl (C=O) groups is 2. The number of carbonyl (C=O) groups excluding carboxylic acids is 2. The van der Waals surface area contributed by atoms with Gasteiger partial charge < -0.3 is 10.1 Å². The van der Waals surface area contributed by atoms with Crippen LogP contribution in [0.3, 0.4) is 0 Å². The number of rotatable bonds is 7. The molecule has 0 aliphatic heterocycles. The van der Waals surface area contributed by atoms with Crippen molar-refractivity contribution in [1.29, 1.82) is 0 Å². The summed E-state index contributed by atoms with van der Waals surface area (Å²) in [6.07, 6.45) is 1.86. The Hall–Kier alpha value is -2.46. The number of hydrogen-bond acceptors (Lipinski definition) is 4. The third-order valence-corrected chi connectivity index (χ3v) is 4.08. The van der Waals surface area contributed by atoms with Crippen LogP contribution in [0.4, 0.5) is 5.69 Å². The monoisotopic (exact) mass is 323 g/mol. The second-order valence-electron chi connectivity index (χ2n) is 5.82. The van der Waals surface area contributed by atoms with E-state index in [0.29, 0.717) is 35.4 Å². The molecule has 4 nitrogen and oxygen atoms in total. The highest BCUT2D eigenvalue weighted by Gasteiger charge is 2.31. The summed E-state index contributed by atoms with van der Waals surface area (Å²) in [5.74, 6) is -0.180. The zero-order valence-corrected chi connectivity index (χ0v) is 13.8. The Labute approximate surface area is 141 Å². The van der Waals surface area contributed by atoms with Crippen LogP contribution in [0.1, 0.15) is 51.6 Å². The van der Waals surface area contributed by atoms with Crippen molar-refractivity contribution >= 4 is 17.3 Å². The van der Waals surface area contributed by atoms with E-state index in [1.165, 1.54) is 0 Å². The predicted molar refractivity (Wildman–Crippen MR) is 94.0 cm³/mol. The number of hydrogen-bond donors (Lipinski definition) is 1. The van der Waals surface area contributed by atoms with Crippen molar-refractivity contribution in [3.05, 3.63) is 64.7 Å². The van der Waals surface area contributed by atoms with Crippen LogP contribution >= 0.6 is 0 Å². The average molecular weight is 323 g/mol. The second kappa shape index (κ2) is 7.41. The Balaban J connectivity index is 1.80. The first-order valence-corrected chi connectivity index (χ1v) is 8.37. The normalized spacial score (nSPS) is 12.7. The van der Waals surface area contributed by atoms with Gasteiger partial charge >= 0.3 is 0 Å². The summed E-state index contributed by atoms with van der Waals surface area (Å²) in [6.45, 7) is 4.23. The molecule has 0 atom stereocenters. The zero-order chi connectivity index (χ0) is 16.9. The van der Waals surface area contributed by atoms with E-state index in [1.807, 2.05) is 12.1 Å². The highest BCUT2D eigenvalue weighted by Crippen LogP contribution is 2.31. The van der Waals surface area contributed by atoms with Crippen LogP contribution in [0.2, 0.25) is 0 Å². The van der Waals surface area contributed by atoms with Gasteiger partial charge in [-0.25, -0.2) is 0 Å². The Morgan fingerprint density at radius 1 is 0.875 bits per heavy atom. The summed E-state index contributed by atoms with van der Waals surface area (Å²) in [5, 5.41) is 3.28. The SMILES string of the molecule is CCCOCCCNc1cccc2c1C(=O)c1ccccc1C2=O. The van der Waals surface area contributed by atoms with E-state index in [2.05, 4.69) is 12.2 Å². The minimum atomic E-state index is -0.0921. The Kier molecular flexibility index (Phi) is 5.06. The molecule has 24 heavy (non-hydrogen) atoms. The molecule has 0 aromatic heterocycles. The lowest BCUT2D eigenvalue weighted by molar-refractivity contribution is 0.0979. The maximum absolute atomic E-state index is 12.8. The molecule has 0 heterocycles. The molecular formula is C20H21NO3. The number of fused-ring (bicyclic) bond motifs is 2. The van der Waals surface area contributed by atoms with Gasteiger partial charge in [0.2, 0.25) is 0 Å². The molecule has 0 fully saturated rings. The van der Waals surface area contributed by atoms with Crippen molar-refractivity contribution in [2.45, 2.75) is 19.8 Å². The first-order chi connectivity index (χ1) is 11.7. The second-order valence-corrected chi connectivity index (χ2v) is 5.82. The molecule has 2 aromatic rings. The lowest BCUT2D eigenvalue weighted by Crippen LogP contribution is -2.22. The highest BCUT2D eigenvalue weighted by molar-refractivity contribution is 6.30. The van der Waals surface area contributed by atoms with Crippen LogP contribution in [-0.2, 0) is 4.74 Å². The molecule has 1 aliphatic carbocycles. The van der Waals surface area contributed by atoms with Crippen LogP contribution < -0.4 is 5.32 Å². The number of anilines is 1. The largest absolute Gasteiger partial charge is 0.384 e. The third-order valence-electron chi connectivity index (χ3n) is 4.08. The van der Waals surface area contributed by atoms with Crippen molar-refractivity contribution in [3.8, 4) is 0 Å². The summed E-state index contributed by atoms with van der Waals surface area (Å²) in [4.78, 5) is 25.5. The molecule has 1 aliphatic rings. The average Bonchev–Trinajstić information content (AvgIpc) is 2.62. The highest BCUT2D eigenvalue weighted by atomic mass is 16.5. The Morgan fingerprint density at radius 2 is 1.58 bits per heavy atom. The lowest BCUT2D eigenvalue weighted by Gasteiger charge is -2.20. The Morgan fingerprint density at radius 3 is 2.33 bits per heavy atom. The summed E-state index contributed by atoms with van der Waals surface area (Å²) in [6, 6.07) is 12.4. The van der Waals surface area contributed by atoms with E-state index in [4.69, 9.17) is 4.74 Å². The molecule has 2 aromatic carbocycles. The molecular weight excluding hydrogens is 302 g/mol. The molecule has 4 heteroatoms. The minimum Gasteiger partial charge on any atom is -0.384 e. The number of benzene rings is 2. The number of ketones is 2. The first-order valence-electron chi connectivity index (χ1n) is 8.37. The summed E-state index contributed by atoms with van der Waals surface area (Å²) >= 11 is 0. The molecule has 0 saturated carbocycles. The fourth-order valence-corrected chi connectivity index (χ4v) is 2.94. The van der Waals surface area contributed by atoms with E-state index in [9.17, 15) is 9.59 Å². The standard InChI is InChI=1S/C20H21NO3/c1-2-12-24-13-6-11-21-17-10-5-9-16-18(17)20(23)15-8-4-3-7-14(15)19(16)22/h3-5,7-10,21H,2,6,11-13H2,1H3. The first kappa shape index (κ1) is 16.4. The van der Waals surface area contributed by atoms with Gasteiger partial charge in [0.15, 0.2) is 11.6 Å². The van der Waals surface area contributed by atoms with Crippen LogP contribution in [0, 0.1) is 0 Å². The molecule has 124 valence electrons. The fraction of sp³-hybridized carbons (Fsp3) is 0.300. The van der Waals surface area contributed by atoms with Gasteiger partial charge in [0, 0.05) is 42.1 Å². The van der Waals surface area contributed by atoms with Gasteiger partial charge in [-0.15, -0.1) is 0 Å². The molecule has 3 rings (SSSR count). The molecule has 0 amide bonds. The minimum absolute atomic E-state index is 0.0878. The van der Waals surface area contributed by atoms with E-state index in [1.54, 1.807) is 30.3 Å². The third kappa shape index (κ3) is 3.10. The van der Waals surface area contributed by atoms with Crippen LogP contribution in [0.5, 0.6) is 0 Å². The van der Waals surface area contributed by atoms with Gasteiger partial charge in [-0.1, -0.05) is 43.3 Å². The number of ether oxygens (including phenoxy) is 1. The fourth-order valence-electron chi connectivity index (χ4n) is 2.94. The molecule has 0 bridgehead atoms.